The van der Waals surface area contributed by atoms with Gasteiger partial charge in [-0.2, -0.15) is 5.10 Å². The van der Waals surface area contributed by atoms with Gasteiger partial charge in [0.2, 0.25) is 0 Å². The predicted octanol–water partition coefficient (Wildman–Crippen LogP) is 1.25. The molecule has 0 saturated heterocycles. The summed E-state index contributed by atoms with van der Waals surface area (Å²) in [6.45, 7) is 2.42. The fourth-order valence-corrected chi connectivity index (χ4v) is 0.933. The van der Waals surface area contributed by atoms with Crippen molar-refractivity contribution in [1.82, 2.24) is 9.78 Å². The van der Waals surface area contributed by atoms with Crippen LogP contribution in [0.1, 0.15) is 19.8 Å². The molecule has 0 aliphatic heterocycles. The molecule has 0 aliphatic rings. The summed E-state index contributed by atoms with van der Waals surface area (Å²) in [4.78, 5) is 11.0. The second kappa shape index (κ2) is 3.91. The van der Waals surface area contributed by atoms with Crippen LogP contribution in [0.5, 0.6) is 0 Å². The summed E-state index contributed by atoms with van der Waals surface area (Å²) >= 11 is 0. The topological polar surface area (TPSA) is 34.9 Å². The molecule has 3 heteroatoms. The first kappa shape index (κ1) is 7.98. The minimum Gasteiger partial charge on any atom is -0.298 e. The van der Waals surface area contributed by atoms with Crippen LogP contribution >= 0.6 is 0 Å². The molecule has 0 N–H and O–H groups in total. The minimum absolute atomic E-state index is 0.246. The number of hydrogen-bond donors (Lipinski definition) is 0. The Bertz CT molecular complexity index is 216. The summed E-state index contributed by atoms with van der Waals surface area (Å²) < 4.78 is 1.65. The standard InChI is InChI=1S/C8H12N2O/c1-2-4-8(11)7-10-6-3-5-9-10/h3,5-6H,2,4,7H2,1H3. The molecular formula is C8H12N2O. The number of ketones is 1. The second-order valence-corrected chi connectivity index (χ2v) is 2.49. The van der Waals surface area contributed by atoms with Crippen molar-refractivity contribution in [3.05, 3.63) is 18.5 Å². The van der Waals surface area contributed by atoms with E-state index in [0.29, 0.717) is 13.0 Å². The molecule has 0 amide bonds. The molecule has 0 aliphatic carbocycles. The van der Waals surface area contributed by atoms with Crippen LogP contribution in [0.4, 0.5) is 0 Å². The molecule has 0 spiro atoms. The van der Waals surface area contributed by atoms with E-state index >= 15 is 0 Å². The molecule has 0 aromatic carbocycles. The number of Topliss-reactive ketones (excluding diaryl/α,β-unsaturated/α-hetero) is 1. The van der Waals surface area contributed by atoms with Gasteiger partial charge in [-0.3, -0.25) is 9.48 Å². The molecule has 0 atom stereocenters. The van der Waals surface area contributed by atoms with Crippen LogP contribution in [0.25, 0.3) is 0 Å². The smallest absolute Gasteiger partial charge is 0.154 e. The van der Waals surface area contributed by atoms with Gasteiger partial charge < -0.3 is 0 Å². The molecule has 0 bridgehead atoms. The van der Waals surface area contributed by atoms with Crippen molar-refractivity contribution in [3.8, 4) is 0 Å². The van der Waals surface area contributed by atoms with Gasteiger partial charge >= 0.3 is 0 Å². The summed E-state index contributed by atoms with van der Waals surface area (Å²) in [7, 11) is 0. The van der Waals surface area contributed by atoms with E-state index in [1.165, 1.54) is 0 Å². The monoisotopic (exact) mass is 152 g/mol. The molecular weight excluding hydrogens is 140 g/mol. The molecule has 11 heavy (non-hydrogen) atoms. The Balaban J connectivity index is 2.37. The summed E-state index contributed by atoms with van der Waals surface area (Å²) in [5, 5.41) is 3.93. The normalized spacial score (nSPS) is 9.91. The van der Waals surface area contributed by atoms with Crippen molar-refractivity contribution >= 4 is 5.78 Å². The number of rotatable bonds is 4. The Morgan fingerprint density at radius 3 is 3.00 bits per heavy atom. The third-order valence-corrected chi connectivity index (χ3v) is 1.43. The second-order valence-electron chi connectivity index (χ2n) is 2.49. The summed E-state index contributed by atoms with van der Waals surface area (Å²) in [6, 6.07) is 1.82. The summed E-state index contributed by atoms with van der Waals surface area (Å²) in [5.41, 5.74) is 0. The Morgan fingerprint density at radius 1 is 1.64 bits per heavy atom. The molecule has 0 saturated carbocycles. The zero-order valence-corrected chi connectivity index (χ0v) is 6.66. The van der Waals surface area contributed by atoms with Gasteiger partial charge in [-0.25, -0.2) is 0 Å². The zero-order chi connectivity index (χ0) is 8.10. The highest BCUT2D eigenvalue weighted by Gasteiger charge is 1.99. The lowest BCUT2D eigenvalue weighted by molar-refractivity contribution is -0.119. The van der Waals surface area contributed by atoms with Crippen molar-refractivity contribution in [2.45, 2.75) is 26.3 Å². The van der Waals surface area contributed by atoms with Gasteiger partial charge in [-0.1, -0.05) is 6.92 Å². The van der Waals surface area contributed by atoms with Gasteiger partial charge in [-0.15, -0.1) is 0 Å². The number of carbonyl (C=O) groups excluding carboxylic acids is 1. The highest BCUT2D eigenvalue weighted by atomic mass is 16.1. The van der Waals surface area contributed by atoms with E-state index in [1.807, 2.05) is 13.0 Å². The van der Waals surface area contributed by atoms with Crippen molar-refractivity contribution in [2.75, 3.05) is 0 Å². The van der Waals surface area contributed by atoms with Gasteiger partial charge in [0.15, 0.2) is 5.78 Å². The Labute approximate surface area is 66.0 Å². The van der Waals surface area contributed by atoms with Gasteiger partial charge in [0, 0.05) is 18.8 Å². The highest BCUT2D eigenvalue weighted by Crippen LogP contribution is 1.92. The molecule has 60 valence electrons. The fourth-order valence-electron chi connectivity index (χ4n) is 0.933. The Morgan fingerprint density at radius 2 is 2.45 bits per heavy atom. The lowest BCUT2D eigenvalue weighted by Gasteiger charge is -1.97. The van der Waals surface area contributed by atoms with E-state index in [2.05, 4.69) is 5.10 Å². The van der Waals surface area contributed by atoms with Crippen LogP contribution in [0.3, 0.4) is 0 Å². The largest absolute Gasteiger partial charge is 0.298 e. The average molecular weight is 152 g/mol. The van der Waals surface area contributed by atoms with E-state index in [0.717, 1.165) is 6.42 Å². The van der Waals surface area contributed by atoms with Crippen LogP contribution in [-0.4, -0.2) is 15.6 Å². The van der Waals surface area contributed by atoms with Crippen LogP contribution < -0.4 is 0 Å². The van der Waals surface area contributed by atoms with Gasteiger partial charge in [0.1, 0.15) is 0 Å². The van der Waals surface area contributed by atoms with E-state index < -0.39 is 0 Å². The first-order chi connectivity index (χ1) is 5.33. The van der Waals surface area contributed by atoms with Crippen molar-refractivity contribution in [2.24, 2.45) is 0 Å². The molecule has 3 nitrogen and oxygen atoms in total. The highest BCUT2D eigenvalue weighted by molar-refractivity contribution is 5.77. The predicted molar refractivity (Wildman–Crippen MR) is 42.1 cm³/mol. The Hall–Kier alpha value is -1.12. The zero-order valence-electron chi connectivity index (χ0n) is 6.66. The first-order valence-electron chi connectivity index (χ1n) is 3.82. The van der Waals surface area contributed by atoms with Gasteiger partial charge in [0.05, 0.1) is 6.54 Å². The third kappa shape index (κ3) is 2.53. The SMILES string of the molecule is CCCC(=O)Cn1cccn1. The molecule has 1 aromatic heterocycles. The van der Waals surface area contributed by atoms with Gasteiger partial charge in [0.25, 0.3) is 0 Å². The van der Waals surface area contributed by atoms with Crippen LogP contribution in [0.2, 0.25) is 0 Å². The van der Waals surface area contributed by atoms with E-state index in [4.69, 9.17) is 0 Å². The molecule has 1 heterocycles. The number of aromatic nitrogens is 2. The van der Waals surface area contributed by atoms with Gasteiger partial charge in [-0.05, 0) is 12.5 Å². The third-order valence-electron chi connectivity index (χ3n) is 1.43. The molecule has 0 radical (unpaired) electrons. The maximum atomic E-state index is 11.0. The van der Waals surface area contributed by atoms with Crippen LogP contribution in [-0.2, 0) is 11.3 Å². The average Bonchev–Trinajstić information content (AvgIpc) is 2.40. The summed E-state index contributed by atoms with van der Waals surface area (Å²) in [5.74, 6) is 0.246. The van der Waals surface area contributed by atoms with E-state index in [1.54, 1.807) is 17.1 Å². The van der Waals surface area contributed by atoms with Crippen LogP contribution in [0, 0.1) is 0 Å². The lowest BCUT2D eigenvalue weighted by Crippen LogP contribution is -2.09. The van der Waals surface area contributed by atoms with E-state index in [9.17, 15) is 4.79 Å². The van der Waals surface area contributed by atoms with E-state index in [-0.39, 0.29) is 5.78 Å². The maximum Gasteiger partial charge on any atom is 0.154 e. The maximum absolute atomic E-state index is 11.0. The number of carbonyl (C=O) groups is 1. The van der Waals surface area contributed by atoms with Crippen molar-refractivity contribution in [3.63, 3.8) is 0 Å². The molecule has 0 fully saturated rings. The first-order valence-corrected chi connectivity index (χ1v) is 3.82. The molecule has 1 rings (SSSR count). The minimum atomic E-state index is 0.246. The molecule has 0 unspecified atom stereocenters. The fraction of sp³-hybridized carbons (Fsp3) is 0.500. The number of nitrogens with zero attached hydrogens (tertiary/aromatic N) is 2. The number of hydrogen-bond acceptors (Lipinski definition) is 2. The van der Waals surface area contributed by atoms with Crippen molar-refractivity contribution in [1.29, 1.82) is 0 Å². The molecule has 1 aromatic rings. The quantitative estimate of drug-likeness (QED) is 0.650. The summed E-state index contributed by atoms with van der Waals surface area (Å²) in [6.07, 6.45) is 5.05. The van der Waals surface area contributed by atoms with Crippen molar-refractivity contribution < 1.29 is 4.79 Å². The Kier molecular flexibility index (Phi) is 2.83. The van der Waals surface area contributed by atoms with Crippen LogP contribution in [0.15, 0.2) is 18.5 Å². The lowest BCUT2D eigenvalue weighted by atomic mass is 10.2.